The lowest BCUT2D eigenvalue weighted by Gasteiger charge is -2.08. The maximum absolute atomic E-state index is 4.33. The van der Waals surface area contributed by atoms with Gasteiger partial charge in [0.05, 0.1) is 0 Å². The maximum Gasteiger partial charge on any atom is 0.243 e. The molecule has 5 nitrogen and oxygen atoms in total. The Labute approximate surface area is 88.7 Å². The molecule has 0 unspecified atom stereocenters. The van der Waals surface area contributed by atoms with Gasteiger partial charge < -0.3 is 10.2 Å². The maximum atomic E-state index is 4.33. The van der Waals surface area contributed by atoms with E-state index in [4.69, 9.17) is 0 Å². The van der Waals surface area contributed by atoms with Crippen molar-refractivity contribution in [3.63, 3.8) is 0 Å². The number of aromatic nitrogens is 3. The van der Waals surface area contributed by atoms with Gasteiger partial charge in [-0.3, -0.25) is 0 Å². The molecule has 0 spiro atoms. The molecule has 0 aliphatic carbocycles. The van der Waals surface area contributed by atoms with Crippen LogP contribution in [-0.2, 0) is 0 Å². The van der Waals surface area contributed by atoms with Crippen molar-refractivity contribution in [3.05, 3.63) is 24.4 Å². The summed E-state index contributed by atoms with van der Waals surface area (Å²) in [6.45, 7) is 1.82. The molecule has 5 heteroatoms. The van der Waals surface area contributed by atoms with E-state index < -0.39 is 0 Å². The largest absolute Gasteiger partial charge is 0.352 e. The van der Waals surface area contributed by atoms with Crippen molar-refractivity contribution < 1.29 is 0 Å². The molecule has 0 aromatic carbocycles. The van der Waals surface area contributed by atoms with Gasteiger partial charge in [0.25, 0.3) is 0 Å². The molecule has 2 heterocycles. The van der Waals surface area contributed by atoms with E-state index in [-0.39, 0.29) is 0 Å². The summed E-state index contributed by atoms with van der Waals surface area (Å²) in [6.07, 6.45) is 1.89. The second-order valence-electron chi connectivity index (χ2n) is 3.67. The van der Waals surface area contributed by atoms with Crippen molar-refractivity contribution >= 4 is 11.6 Å². The highest BCUT2D eigenvalue weighted by Gasteiger charge is 2.00. The number of nitrogens with zero attached hydrogens (tertiary/aromatic N) is 4. The van der Waals surface area contributed by atoms with Crippen LogP contribution in [0, 0.1) is 0 Å². The molecular formula is C10H15N5. The molecule has 2 rings (SSSR count). The van der Waals surface area contributed by atoms with Gasteiger partial charge >= 0.3 is 0 Å². The van der Waals surface area contributed by atoms with E-state index in [1.807, 2.05) is 38.5 Å². The van der Waals surface area contributed by atoms with E-state index in [1.54, 1.807) is 4.52 Å². The van der Waals surface area contributed by atoms with Crippen LogP contribution in [0.3, 0.4) is 0 Å². The van der Waals surface area contributed by atoms with Gasteiger partial charge in [-0.05, 0) is 26.2 Å². The Kier molecular flexibility index (Phi) is 2.82. The standard InChI is InChI=1S/C10H15N5/c1-14(2)8-6-11-10-12-9-5-3-4-7-15(9)13-10/h3-5,7H,6,8H2,1-2H3,(H,11,13). The van der Waals surface area contributed by atoms with Crippen LogP contribution < -0.4 is 5.32 Å². The van der Waals surface area contributed by atoms with E-state index in [0.29, 0.717) is 5.95 Å². The third kappa shape index (κ3) is 2.44. The zero-order valence-electron chi connectivity index (χ0n) is 9.01. The fourth-order valence-electron chi connectivity index (χ4n) is 1.30. The van der Waals surface area contributed by atoms with E-state index in [2.05, 4.69) is 20.3 Å². The average Bonchev–Trinajstić information content (AvgIpc) is 2.59. The highest BCUT2D eigenvalue weighted by Crippen LogP contribution is 2.03. The normalized spacial score (nSPS) is 11.1. The van der Waals surface area contributed by atoms with Gasteiger partial charge in [-0.2, -0.15) is 4.98 Å². The lowest BCUT2D eigenvalue weighted by atomic mass is 10.5. The fourth-order valence-corrected chi connectivity index (χ4v) is 1.30. The van der Waals surface area contributed by atoms with Gasteiger partial charge in [0.15, 0.2) is 5.65 Å². The van der Waals surface area contributed by atoms with Crippen LogP contribution in [0.25, 0.3) is 5.65 Å². The zero-order chi connectivity index (χ0) is 10.7. The third-order valence-electron chi connectivity index (χ3n) is 2.08. The number of nitrogens with one attached hydrogen (secondary N) is 1. The van der Waals surface area contributed by atoms with Gasteiger partial charge in [-0.25, -0.2) is 4.52 Å². The highest BCUT2D eigenvalue weighted by molar-refractivity contribution is 5.42. The Bertz CT molecular complexity index is 401. The fraction of sp³-hybridized carbons (Fsp3) is 0.400. The minimum atomic E-state index is 0.683. The van der Waals surface area contributed by atoms with Crippen LogP contribution in [0.2, 0.25) is 0 Å². The van der Waals surface area contributed by atoms with Gasteiger partial charge in [0, 0.05) is 19.3 Å². The lowest BCUT2D eigenvalue weighted by Crippen LogP contribution is -2.21. The Balaban J connectivity index is 2.03. The molecule has 1 N–H and O–H groups in total. The summed E-state index contributed by atoms with van der Waals surface area (Å²) in [5.74, 6) is 0.683. The number of hydrogen-bond acceptors (Lipinski definition) is 4. The summed E-state index contributed by atoms with van der Waals surface area (Å²) in [7, 11) is 4.08. The summed E-state index contributed by atoms with van der Waals surface area (Å²) in [5.41, 5.74) is 0.866. The first kappa shape index (κ1) is 9.92. The molecule has 0 atom stereocenters. The molecule has 0 bridgehead atoms. The van der Waals surface area contributed by atoms with Crippen LogP contribution in [-0.4, -0.2) is 46.7 Å². The Morgan fingerprint density at radius 1 is 1.40 bits per heavy atom. The summed E-state index contributed by atoms with van der Waals surface area (Å²) in [4.78, 5) is 6.45. The minimum Gasteiger partial charge on any atom is -0.352 e. The first-order chi connectivity index (χ1) is 7.25. The summed E-state index contributed by atoms with van der Waals surface area (Å²) in [5, 5.41) is 7.47. The van der Waals surface area contributed by atoms with Gasteiger partial charge in [-0.15, -0.1) is 5.10 Å². The number of likely N-dealkylation sites (N-methyl/N-ethyl adjacent to an activating group) is 1. The molecule has 0 saturated heterocycles. The number of anilines is 1. The van der Waals surface area contributed by atoms with Crippen LogP contribution in [0.4, 0.5) is 5.95 Å². The van der Waals surface area contributed by atoms with Gasteiger partial charge in [0.2, 0.25) is 5.95 Å². The molecule has 2 aromatic heterocycles. The SMILES string of the molecule is CN(C)CCNc1nc2ccccn2n1. The summed E-state index contributed by atoms with van der Waals surface area (Å²) < 4.78 is 1.76. The monoisotopic (exact) mass is 205 g/mol. The molecule has 0 radical (unpaired) electrons. The van der Waals surface area contributed by atoms with E-state index in [9.17, 15) is 0 Å². The van der Waals surface area contributed by atoms with Crippen molar-refractivity contribution in [2.45, 2.75) is 0 Å². The van der Waals surface area contributed by atoms with Crippen molar-refractivity contribution in [1.29, 1.82) is 0 Å². The van der Waals surface area contributed by atoms with E-state index in [0.717, 1.165) is 18.7 Å². The first-order valence-corrected chi connectivity index (χ1v) is 4.96. The average molecular weight is 205 g/mol. The predicted molar refractivity (Wildman–Crippen MR) is 60.0 cm³/mol. The topological polar surface area (TPSA) is 45.5 Å². The number of fused-ring (bicyclic) bond motifs is 1. The molecule has 80 valence electrons. The van der Waals surface area contributed by atoms with E-state index >= 15 is 0 Å². The molecule has 0 fully saturated rings. The van der Waals surface area contributed by atoms with Crippen molar-refractivity contribution in [2.24, 2.45) is 0 Å². The molecule has 2 aromatic rings. The summed E-state index contributed by atoms with van der Waals surface area (Å²) >= 11 is 0. The van der Waals surface area contributed by atoms with Crippen LogP contribution in [0.5, 0.6) is 0 Å². The second kappa shape index (κ2) is 4.27. The van der Waals surface area contributed by atoms with Crippen molar-refractivity contribution in [1.82, 2.24) is 19.5 Å². The number of pyridine rings is 1. The number of hydrogen-bond donors (Lipinski definition) is 1. The molecule has 0 amide bonds. The van der Waals surface area contributed by atoms with Crippen LogP contribution in [0.1, 0.15) is 0 Å². The van der Waals surface area contributed by atoms with Crippen molar-refractivity contribution in [2.75, 3.05) is 32.5 Å². The molecule has 0 aliphatic heterocycles. The quantitative estimate of drug-likeness (QED) is 0.798. The van der Waals surface area contributed by atoms with E-state index in [1.165, 1.54) is 0 Å². The smallest absolute Gasteiger partial charge is 0.243 e. The first-order valence-electron chi connectivity index (χ1n) is 4.96. The Morgan fingerprint density at radius 2 is 2.27 bits per heavy atom. The molecule has 0 saturated carbocycles. The Morgan fingerprint density at radius 3 is 3.00 bits per heavy atom. The predicted octanol–water partition coefficient (Wildman–Crippen LogP) is 0.703. The molecule has 15 heavy (non-hydrogen) atoms. The lowest BCUT2D eigenvalue weighted by molar-refractivity contribution is 0.425. The third-order valence-corrected chi connectivity index (χ3v) is 2.08. The Hall–Kier alpha value is -1.62. The van der Waals surface area contributed by atoms with Crippen LogP contribution in [0.15, 0.2) is 24.4 Å². The second-order valence-corrected chi connectivity index (χ2v) is 3.67. The minimum absolute atomic E-state index is 0.683. The van der Waals surface area contributed by atoms with Gasteiger partial charge in [-0.1, -0.05) is 6.07 Å². The molecular weight excluding hydrogens is 190 g/mol. The van der Waals surface area contributed by atoms with Gasteiger partial charge in [0.1, 0.15) is 0 Å². The summed E-state index contributed by atoms with van der Waals surface area (Å²) in [6, 6.07) is 5.82. The number of rotatable bonds is 4. The highest BCUT2D eigenvalue weighted by atomic mass is 15.3. The molecule has 0 aliphatic rings. The zero-order valence-corrected chi connectivity index (χ0v) is 9.01. The van der Waals surface area contributed by atoms with Crippen LogP contribution >= 0.6 is 0 Å². The van der Waals surface area contributed by atoms with Crippen molar-refractivity contribution in [3.8, 4) is 0 Å².